The molecule has 0 saturated heterocycles. The van der Waals surface area contributed by atoms with Gasteiger partial charge in [-0.1, -0.05) is 20.8 Å². The third-order valence-corrected chi connectivity index (χ3v) is 3.66. The van der Waals surface area contributed by atoms with Crippen molar-refractivity contribution >= 4 is 12.2 Å². The number of carbonyl (C=O) groups excluding carboxylic acids is 1. The molecule has 2 aliphatic rings. The lowest BCUT2D eigenvalue weighted by Crippen LogP contribution is -2.43. The number of amides is 1. The summed E-state index contributed by atoms with van der Waals surface area (Å²) in [4.78, 5) is 16.1. The van der Waals surface area contributed by atoms with Crippen molar-refractivity contribution in [2.45, 2.75) is 46.1 Å². The molecule has 2 atom stereocenters. The second-order valence-corrected chi connectivity index (χ2v) is 6.34. The molecule has 0 aromatic heterocycles. The summed E-state index contributed by atoms with van der Waals surface area (Å²) >= 11 is 0. The SMILES string of the molecule is CC1CC(NC(=O)C2=CCNC=N2)CC(C)(C)C1. The molecule has 1 saturated carbocycles. The maximum Gasteiger partial charge on any atom is 0.269 e. The standard InChI is InChI=1S/C14H23N3O/c1-10-6-11(8-14(2,3)7-10)17-13(18)12-4-5-15-9-16-12/h4,9-11H,5-8H2,1-3H3,(H,15,16)(H,17,18). The molecule has 1 aliphatic carbocycles. The summed E-state index contributed by atoms with van der Waals surface area (Å²) in [6.07, 6.45) is 6.78. The van der Waals surface area contributed by atoms with Crippen molar-refractivity contribution in [3.8, 4) is 0 Å². The maximum atomic E-state index is 12.1. The molecule has 100 valence electrons. The van der Waals surface area contributed by atoms with Crippen LogP contribution in [0.15, 0.2) is 16.8 Å². The number of hydrogen-bond donors (Lipinski definition) is 2. The van der Waals surface area contributed by atoms with E-state index in [1.807, 2.05) is 6.08 Å². The molecule has 1 amide bonds. The lowest BCUT2D eigenvalue weighted by molar-refractivity contribution is -0.118. The van der Waals surface area contributed by atoms with E-state index in [-0.39, 0.29) is 11.9 Å². The average molecular weight is 249 g/mol. The van der Waals surface area contributed by atoms with Crippen molar-refractivity contribution in [1.29, 1.82) is 0 Å². The Morgan fingerprint density at radius 2 is 2.28 bits per heavy atom. The van der Waals surface area contributed by atoms with Crippen LogP contribution >= 0.6 is 0 Å². The van der Waals surface area contributed by atoms with E-state index >= 15 is 0 Å². The third-order valence-electron chi connectivity index (χ3n) is 3.66. The van der Waals surface area contributed by atoms with Crippen LogP contribution in [0.3, 0.4) is 0 Å². The van der Waals surface area contributed by atoms with Crippen molar-refractivity contribution in [2.75, 3.05) is 6.54 Å². The predicted molar refractivity (Wildman–Crippen MR) is 73.3 cm³/mol. The van der Waals surface area contributed by atoms with Gasteiger partial charge in [-0.2, -0.15) is 0 Å². The van der Waals surface area contributed by atoms with E-state index < -0.39 is 0 Å². The van der Waals surface area contributed by atoms with Crippen molar-refractivity contribution in [1.82, 2.24) is 10.6 Å². The maximum absolute atomic E-state index is 12.1. The summed E-state index contributed by atoms with van der Waals surface area (Å²) in [7, 11) is 0. The van der Waals surface area contributed by atoms with Gasteiger partial charge in [0.25, 0.3) is 5.91 Å². The predicted octanol–water partition coefficient (Wildman–Crippen LogP) is 1.83. The zero-order chi connectivity index (χ0) is 13.2. The minimum Gasteiger partial charge on any atom is -0.373 e. The molecule has 18 heavy (non-hydrogen) atoms. The Balaban J connectivity index is 1.94. The first kappa shape index (κ1) is 13.1. The molecule has 4 heteroatoms. The van der Waals surface area contributed by atoms with Crippen LogP contribution in [0, 0.1) is 11.3 Å². The first-order valence-corrected chi connectivity index (χ1v) is 6.73. The monoisotopic (exact) mass is 249 g/mol. The number of hydrogen-bond acceptors (Lipinski definition) is 3. The highest BCUT2D eigenvalue weighted by atomic mass is 16.2. The quantitative estimate of drug-likeness (QED) is 0.784. The van der Waals surface area contributed by atoms with Crippen molar-refractivity contribution in [3.63, 3.8) is 0 Å². The number of rotatable bonds is 2. The summed E-state index contributed by atoms with van der Waals surface area (Å²) in [5.74, 6) is 0.632. The topological polar surface area (TPSA) is 53.5 Å². The Bertz CT molecular complexity index is 385. The Morgan fingerprint density at radius 1 is 1.50 bits per heavy atom. The largest absolute Gasteiger partial charge is 0.373 e. The van der Waals surface area contributed by atoms with Crippen LogP contribution in [-0.2, 0) is 4.79 Å². The van der Waals surface area contributed by atoms with Crippen LogP contribution in [0.5, 0.6) is 0 Å². The number of nitrogens with zero attached hydrogens (tertiary/aromatic N) is 1. The van der Waals surface area contributed by atoms with E-state index in [9.17, 15) is 4.79 Å². The van der Waals surface area contributed by atoms with E-state index in [0.717, 1.165) is 12.8 Å². The van der Waals surface area contributed by atoms with Gasteiger partial charge in [-0.25, -0.2) is 4.99 Å². The summed E-state index contributed by atoms with van der Waals surface area (Å²) in [5.41, 5.74) is 0.853. The minimum atomic E-state index is -0.0392. The fourth-order valence-corrected chi connectivity index (χ4v) is 3.24. The minimum absolute atomic E-state index is 0.0392. The number of aliphatic imine (C=N–C) groups is 1. The van der Waals surface area contributed by atoms with Crippen LogP contribution in [0.25, 0.3) is 0 Å². The van der Waals surface area contributed by atoms with Crippen molar-refractivity contribution < 1.29 is 4.79 Å². The third kappa shape index (κ3) is 3.34. The zero-order valence-corrected chi connectivity index (χ0v) is 11.5. The summed E-state index contributed by atoms with van der Waals surface area (Å²) in [5, 5.41) is 6.07. The van der Waals surface area contributed by atoms with E-state index in [1.54, 1.807) is 6.34 Å². The highest BCUT2D eigenvalue weighted by molar-refractivity contribution is 5.95. The van der Waals surface area contributed by atoms with Crippen LogP contribution < -0.4 is 10.6 Å². The molecule has 0 aromatic rings. The molecule has 1 fully saturated rings. The molecule has 1 heterocycles. The fourth-order valence-electron chi connectivity index (χ4n) is 3.24. The van der Waals surface area contributed by atoms with Gasteiger partial charge in [0, 0.05) is 12.6 Å². The van der Waals surface area contributed by atoms with E-state index in [2.05, 4.69) is 36.4 Å². The highest BCUT2D eigenvalue weighted by Crippen LogP contribution is 2.38. The van der Waals surface area contributed by atoms with Crippen LogP contribution in [-0.4, -0.2) is 24.8 Å². The molecule has 2 rings (SSSR count). The Labute approximate surface area is 109 Å². The Kier molecular flexibility index (Phi) is 3.73. The molecule has 0 bridgehead atoms. The molecule has 4 nitrogen and oxygen atoms in total. The van der Waals surface area contributed by atoms with E-state index in [1.165, 1.54) is 6.42 Å². The number of nitrogens with one attached hydrogen (secondary N) is 2. The number of carbonyl (C=O) groups is 1. The van der Waals surface area contributed by atoms with Crippen LogP contribution in [0.1, 0.15) is 40.0 Å². The Hall–Kier alpha value is -1.32. The van der Waals surface area contributed by atoms with Gasteiger partial charge >= 0.3 is 0 Å². The Morgan fingerprint density at radius 3 is 2.89 bits per heavy atom. The van der Waals surface area contributed by atoms with Crippen LogP contribution in [0.2, 0.25) is 0 Å². The normalized spacial score (nSPS) is 30.3. The second-order valence-electron chi connectivity index (χ2n) is 6.34. The lowest BCUT2D eigenvalue weighted by Gasteiger charge is -2.39. The van der Waals surface area contributed by atoms with Crippen molar-refractivity contribution in [3.05, 3.63) is 11.8 Å². The van der Waals surface area contributed by atoms with Gasteiger partial charge in [0.05, 0.1) is 6.34 Å². The molecule has 0 spiro atoms. The second kappa shape index (κ2) is 5.12. The van der Waals surface area contributed by atoms with Gasteiger partial charge in [-0.05, 0) is 36.7 Å². The molecule has 2 N–H and O–H groups in total. The first-order valence-electron chi connectivity index (χ1n) is 6.73. The van der Waals surface area contributed by atoms with Crippen molar-refractivity contribution in [2.24, 2.45) is 16.3 Å². The van der Waals surface area contributed by atoms with Gasteiger partial charge in [0.15, 0.2) is 0 Å². The molecular weight excluding hydrogens is 226 g/mol. The fraction of sp³-hybridized carbons (Fsp3) is 0.714. The summed E-state index contributed by atoms with van der Waals surface area (Å²) in [6, 6.07) is 0.280. The summed E-state index contributed by atoms with van der Waals surface area (Å²) in [6.45, 7) is 7.51. The molecular formula is C14H23N3O. The lowest BCUT2D eigenvalue weighted by atomic mass is 9.70. The smallest absolute Gasteiger partial charge is 0.269 e. The molecule has 1 aliphatic heterocycles. The van der Waals surface area contributed by atoms with Gasteiger partial charge in [-0.15, -0.1) is 0 Å². The molecule has 0 aromatic carbocycles. The highest BCUT2D eigenvalue weighted by Gasteiger charge is 2.33. The summed E-state index contributed by atoms with van der Waals surface area (Å²) < 4.78 is 0. The van der Waals surface area contributed by atoms with Gasteiger partial charge in [0.1, 0.15) is 5.70 Å². The zero-order valence-electron chi connectivity index (χ0n) is 11.5. The van der Waals surface area contributed by atoms with E-state index in [0.29, 0.717) is 23.6 Å². The first-order chi connectivity index (χ1) is 8.46. The molecule has 0 radical (unpaired) electrons. The molecule has 2 unspecified atom stereocenters. The van der Waals surface area contributed by atoms with Gasteiger partial charge < -0.3 is 10.6 Å². The van der Waals surface area contributed by atoms with Gasteiger partial charge in [-0.3, -0.25) is 4.79 Å². The van der Waals surface area contributed by atoms with E-state index in [4.69, 9.17) is 0 Å². The van der Waals surface area contributed by atoms with Crippen LogP contribution in [0.4, 0.5) is 0 Å². The average Bonchev–Trinajstić information content (AvgIpc) is 2.27. The van der Waals surface area contributed by atoms with Gasteiger partial charge in [0.2, 0.25) is 0 Å².